The van der Waals surface area contributed by atoms with Crippen molar-refractivity contribution in [2.45, 2.75) is 70.8 Å². The molecule has 1 nitrogen and oxygen atoms in total. The van der Waals surface area contributed by atoms with Crippen molar-refractivity contribution in [3.05, 3.63) is 34.1 Å². The van der Waals surface area contributed by atoms with E-state index in [0.717, 1.165) is 17.3 Å². The first-order valence-electron chi connectivity index (χ1n) is 7.75. The number of hydrogen-bond donors (Lipinski definition) is 1. The molecule has 0 aromatic heterocycles. The summed E-state index contributed by atoms with van der Waals surface area (Å²) in [6, 6.07) is 5.02. The highest BCUT2D eigenvalue weighted by Crippen LogP contribution is 2.18. The summed E-state index contributed by atoms with van der Waals surface area (Å²) in [5, 5.41) is 9.96. The summed E-state index contributed by atoms with van der Waals surface area (Å²) in [6.07, 6.45) is 9.42. The second kappa shape index (κ2) is 10.3. The van der Waals surface area contributed by atoms with Gasteiger partial charge in [-0.1, -0.05) is 73.9 Å². The minimum absolute atomic E-state index is 0.238. The molecule has 1 atom stereocenters. The van der Waals surface area contributed by atoms with Crippen LogP contribution in [-0.2, 0) is 6.42 Å². The second-order valence-electron chi connectivity index (χ2n) is 5.50. The Labute approximate surface area is 130 Å². The molecule has 1 aromatic carbocycles. The third-order valence-corrected chi connectivity index (χ3v) is 4.10. The van der Waals surface area contributed by atoms with Crippen molar-refractivity contribution in [2.24, 2.45) is 0 Å². The van der Waals surface area contributed by atoms with Crippen LogP contribution in [0.3, 0.4) is 0 Å². The van der Waals surface area contributed by atoms with E-state index >= 15 is 0 Å². The van der Waals surface area contributed by atoms with E-state index in [-0.39, 0.29) is 5.82 Å². The molecule has 0 aliphatic heterocycles. The maximum absolute atomic E-state index is 13.6. The Hall–Kier alpha value is -0.410. The molecule has 1 aromatic rings. The average Bonchev–Trinajstić information content (AvgIpc) is 2.41. The molecule has 1 N–H and O–H groups in total. The van der Waals surface area contributed by atoms with E-state index in [1.807, 2.05) is 6.07 Å². The normalized spacial score (nSPS) is 12.6. The molecule has 0 spiro atoms. The molecular weight excluding hydrogens is 319 g/mol. The number of hydrogen-bond acceptors (Lipinski definition) is 1. The Balaban J connectivity index is 2.15. The third-order valence-electron chi connectivity index (χ3n) is 3.61. The first kappa shape index (κ1) is 17.6. The van der Waals surface area contributed by atoms with Crippen LogP contribution in [0, 0.1) is 5.82 Å². The highest BCUT2D eigenvalue weighted by atomic mass is 79.9. The summed E-state index contributed by atoms with van der Waals surface area (Å²) in [7, 11) is 0. The number of benzene rings is 1. The van der Waals surface area contributed by atoms with Crippen molar-refractivity contribution >= 4 is 15.9 Å². The standard InChI is InChI=1S/C17H26BrFO/c1-2-3-4-5-6-7-8-9-16(20)12-14-10-11-15(18)13-17(14)19/h10-11,13,16,20H,2-9,12H2,1H3. The molecule has 3 heteroatoms. The van der Waals surface area contributed by atoms with Gasteiger partial charge in [-0.05, 0) is 24.1 Å². The van der Waals surface area contributed by atoms with Crippen molar-refractivity contribution in [1.82, 2.24) is 0 Å². The molecule has 1 rings (SSSR count). The van der Waals surface area contributed by atoms with Gasteiger partial charge in [0.25, 0.3) is 0 Å². The predicted molar refractivity (Wildman–Crippen MR) is 86.4 cm³/mol. The maximum Gasteiger partial charge on any atom is 0.127 e. The molecule has 0 amide bonds. The summed E-state index contributed by atoms with van der Waals surface area (Å²) in [5.41, 5.74) is 0.601. The Morgan fingerprint density at radius 2 is 1.75 bits per heavy atom. The molecule has 1 unspecified atom stereocenters. The van der Waals surface area contributed by atoms with Crippen LogP contribution >= 0.6 is 15.9 Å². The quantitative estimate of drug-likeness (QED) is 0.545. The lowest BCUT2D eigenvalue weighted by atomic mass is 10.0. The van der Waals surface area contributed by atoms with Gasteiger partial charge in [0.15, 0.2) is 0 Å². The van der Waals surface area contributed by atoms with Gasteiger partial charge in [0, 0.05) is 10.9 Å². The van der Waals surface area contributed by atoms with Crippen LogP contribution in [0.2, 0.25) is 0 Å². The summed E-state index contributed by atoms with van der Waals surface area (Å²) < 4.78 is 14.4. The monoisotopic (exact) mass is 344 g/mol. The van der Waals surface area contributed by atoms with Crippen LogP contribution in [0.1, 0.15) is 63.9 Å². The largest absolute Gasteiger partial charge is 0.393 e. The molecular formula is C17H26BrFO. The van der Waals surface area contributed by atoms with Gasteiger partial charge in [-0.2, -0.15) is 0 Å². The van der Waals surface area contributed by atoms with E-state index in [0.29, 0.717) is 12.0 Å². The molecule has 0 aliphatic rings. The Bertz CT molecular complexity index is 381. The van der Waals surface area contributed by atoms with Crippen LogP contribution in [0.15, 0.2) is 22.7 Å². The van der Waals surface area contributed by atoms with Gasteiger partial charge in [0.2, 0.25) is 0 Å². The van der Waals surface area contributed by atoms with E-state index in [2.05, 4.69) is 22.9 Å². The zero-order valence-corrected chi connectivity index (χ0v) is 14.0. The fourth-order valence-electron chi connectivity index (χ4n) is 2.38. The molecule has 0 radical (unpaired) electrons. The van der Waals surface area contributed by atoms with Crippen LogP contribution in [0.25, 0.3) is 0 Å². The van der Waals surface area contributed by atoms with Crippen LogP contribution in [0.4, 0.5) is 4.39 Å². The van der Waals surface area contributed by atoms with Gasteiger partial charge in [-0.15, -0.1) is 0 Å². The number of halogens is 2. The fraction of sp³-hybridized carbons (Fsp3) is 0.647. The predicted octanol–water partition coefficient (Wildman–Crippen LogP) is 5.63. The van der Waals surface area contributed by atoms with Gasteiger partial charge in [-0.3, -0.25) is 0 Å². The van der Waals surface area contributed by atoms with E-state index in [1.54, 1.807) is 6.07 Å². The number of unbranched alkanes of at least 4 members (excludes halogenated alkanes) is 6. The van der Waals surface area contributed by atoms with Gasteiger partial charge >= 0.3 is 0 Å². The van der Waals surface area contributed by atoms with Crippen LogP contribution in [0.5, 0.6) is 0 Å². The molecule has 0 aliphatic carbocycles. The number of aliphatic hydroxyl groups excluding tert-OH is 1. The average molecular weight is 345 g/mol. The summed E-state index contributed by atoms with van der Waals surface area (Å²) >= 11 is 3.24. The lowest BCUT2D eigenvalue weighted by Crippen LogP contribution is -2.11. The van der Waals surface area contributed by atoms with Crippen molar-refractivity contribution < 1.29 is 9.50 Å². The summed E-state index contributed by atoms with van der Waals surface area (Å²) in [4.78, 5) is 0. The van der Waals surface area contributed by atoms with E-state index < -0.39 is 6.10 Å². The van der Waals surface area contributed by atoms with E-state index in [4.69, 9.17) is 0 Å². The van der Waals surface area contributed by atoms with Gasteiger partial charge in [-0.25, -0.2) is 4.39 Å². The first-order chi connectivity index (χ1) is 9.63. The van der Waals surface area contributed by atoms with Crippen molar-refractivity contribution in [3.8, 4) is 0 Å². The zero-order valence-electron chi connectivity index (χ0n) is 12.4. The molecule has 20 heavy (non-hydrogen) atoms. The highest BCUT2D eigenvalue weighted by Gasteiger charge is 2.09. The van der Waals surface area contributed by atoms with Gasteiger partial charge in [0.1, 0.15) is 5.82 Å². The van der Waals surface area contributed by atoms with Crippen molar-refractivity contribution in [1.29, 1.82) is 0 Å². The molecule has 0 bridgehead atoms. The zero-order chi connectivity index (χ0) is 14.8. The van der Waals surface area contributed by atoms with E-state index in [9.17, 15) is 9.50 Å². The minimum Gasteiger partial charge on any atom is -0.393 e. The smallest absolute Gasteiger partial charge is 0.127 e. The summed E-state index contributed by atoms with van der Waals surface area (Å²) in [5.74, 6) is -0.238. The number of rotatable bonds is 10. The van der Waals surface area contributed by atoms with Crippen LogP contribution < -0.4 is 0 Å². The van der Waals surface area contributed by atoms with E-state index in [1.165, 1.54) is 44.6 Å². The van der Waals surface area contributed by atoms with Crippen molar-refractivity contribution in [2.75, 3.05) is 0 Å². The maximum atomic E-state index is 13.6. The topological polar surface area (TPSA) is 20.2 Å². The highest BCUT2D eigenvalue weighted by molar-refractivity contribution is 9.10. The van der Waals surface area contributed by atoms with Crippen LogP contribution in [-0.4, -0.2) is 11.2 Å². The molecule has 114 valence electrons. The SMILES string of the molecule is CCCCCCCCCC(O)Cc1ccc(Br)cc1F. The lowest BCUT2D eigenvalue weighted by Gasteiger charge is -2.11. The first-order valence-corrected chi connectivity index (χ1v) is 8.54. The Morgan fingerprint density at radius 1 is 1.10 bits per heavy atom. The Morgan fingerprint density at radius 3 is 2.40 bits per heavy atom. The molecule has 0 saturated heterocycles. The molecule has 0 heterocycles. The summed E-state index contributed by atoms with van der Waals surface area (Å²) in [6.45, 7) is 2.22. The van der Waals surface area contributed by atoms with Gasteiger partial charge in [0.05, 0.1) is 6.10 Å². The van der Waals surface area contributed by atoms with Crippen molar-refractivity contribution in [3.63, 3.8) is 0 Å². The molecule has 0 saturated carbocycles. The third kappa shape index (κ3) is 7.39. The lowest BCUT2D eigenvalue weighted by molar-refractivity contribution is 0.159. The second-order valence-corrected chi connectivity index (χ2v) is 6.42. The Kier molecular flexibility index (Phi) is 9.12. The van der Waals surface area contributed by atoms with Gasteiger partial charge < -0.3 is 5.11 Å². The minimum atomic E-state index is -0.429. The fourth-order valence-corrected chi connectivity index (χ4v) is 2.71. The molecule has 0 fully saturated rings. The number of aliphatic hydroxyl groups is 1.